The average Bonchev–Trinajstić information content (AvgIpc) is 2.33. The Morgan fingerprint density at radius 1 is 1.24 bits per heavy atom. The first kappa shape index (κ1) is 12.2. The fourth-order valence-corrected chi connectivity index (χ4v) is 2.07. The molecule has 2 rings (SSSR count). The summed E-state index contributed by atoms with van der Waals surface area (Å²) in [4.78, 5) is 2.04. The van der Waals surface area contributed by atoms with Crippen molar-refractivity contribution in [1.82, 2.24) is 10.2 Å². The number of nitrogens with zero attached hydrogens (tertiary/aromatic N) is 3. The molecular formula is C12H17F2N3. The van der Waals surface area contributed by atoms with E-state index in [4.69, 9.17) is 0 Å². The fourth-order valence-electron chi connectivity index (χ4n) is 2.07. The molecule has 3 nitrogen and oxygen atoms in total. The summed E-state index contributed by atoms with van der Waals surface area (Å²) in [6, 6.07) is 1.98. The summed E-state index contributed by atoms with van der Waals surface area (Å²) < 4.78 is 25.0. The van der Waals surface area contributed by atoms with Crippen LogP contribution in [0, 0.1) is 19.8 Å². The van der Waals surface area contributed by atoms with Crippen LogP contribution in [-0.2, 0) is 0 Å². The maximum absolute atomic E-state index is 12.5. The fraction of sp³-hybridized carbons (Fsp3) is 0.667. The molecule has 1 aliphatic heterocycles. The predicted octanol–water partition coefficient (Wildman–Crippen LogP) is 2.57. The van der Waals surface area contributed by atoms with Crippen molar-refractivity contribution in [3.05, 3.63) is 17.3 Å². The van der Waals surface area contributed by atoms with E-state index in [1.165, 1.54) is 0 Å². The van der Waals surface area contributed by atoms with E-state index in [2.05, 4.69) is 10.2 Å². The van der Waals surface area contributed by atoms with Gasteiger partial charge in [-0.15, -0.1) is 5.10 Å². The third kappa shape index (κ3) is 2.70. The minimum Gasteiger partial charge on any atom is -0.355 e. The number of hydrogen-bond donors (Lipinski definition) is 0. The molecule has 1 aromatic heterocycles. The van der Waals surface area contributed by atoms with Crippen molar-refractivity contribution in [2.45, 2.75) is 33.1 Å². The normalized spacial score (nSPS) is 17.8. The van der Waals surface area contributed by atoms with Crippen LogP contribution in [-0.4, -0.2) is 29.7 Å². The molecule has 1 fully saturated rings. The molecular weight excluding hydrogens is 224 g/mol. The zero-order valence-electron chi connectivity index (χ0n) is 10.2. The summed E-state index contributed by atoms with van der Waals surface area (Å²) in [5.74, 6) is 0.353. The van der Waals surface area contributed by atoms with Gasteiger partial charge >= 0.3 is 0 Å². The monoisotopic (exact) mass is 241 g/mol. The van der Waals surface area contributed by atoms with E-state index in [0.29, 0.717) is 25.9 Å². The molecule has 0 aromatic carbocycles. The van der Waals surface area contributed by atoms with Gasteiger partial charge in [-0.05, 0) is 38.3 Å². The topological polar surface area (TPSA) is 29.0 Å². The lowest BCUT2D eigenvalue weighted by Crippen LogP contribution is -2.36. The Kier molecular flexibility index (Phi) is 3.54. The van der Waals surface area contributed by atoms with Crippen LogP contribution in [0.2, 0.25) is 0 Å². The number of piperidine rings is 1. The van der Waals surface area contributed by atoms with Crippen molar-refractivity contribution in [2.24, 2.45) is 5.92 Å². The largest absolute Gasteiger partial charge is 0.355 e. The minimum atomic E-state index is -2.19. The summed E-state index contributed by atoms with van der Waals surface area (Å²) in [6.07, 6.45) is -1.12. The summed E-state index contributed by atoms with van der Waals surface area (Å²) in [5.41, 5.74) is 2.00. The summed E-state index contributed by atoms with van der Waals surface area (Å²) >= 11 is 0. The van der Waals surface area contributed by atoms with Crippen molar-refractivity contribution >= 4 is 5.82 Å². The molecule has 94 valence electrons. The van der Waals surface area contributed by atoms with E-state index in [1.807, 2.05) is 24.8 Å². The Hall–Kier alpha value is -1.26. The summed E-state index contributed by atoms with van der Waals surface area (Å²) in [6.45, 7) is 5.19. The van der Waals surface area contributed by atoms with Gasteiger partial charge in [-0.3, -0.25) is 0 Å². The van der Waals surface area contributed by atoms with Crippen molar-refractivity contribution in [3.8, 4) is 0 Å². The van der Waals surface area contributed by atoms with Crippen LogP contribution in [0.15, 0.2) is 6.07 Å². The first-order chi connectivity index (χ1) is 8.08. The maximum atomic E-state index is 12.5. The Balaban J connectivity index is 2.03. The van der Waals surface area contributed by atoms with Gasteiger partial charge in [-0.1, -0.05) is 0 Å². The van der Waals surface area contributed by atoms with Gasteiger partial charge in [0.05, 0.1) is 5.69 Å². The van der Waals surface area contributed by atoms with Gasteiger partial charge in [0.25, 0.3) is 0 Å². The SMILES string of the molecule is Cc1cc(N2CCC(C(F)F)CC2)nnc1C. The van der Waals surface area contributed by atoms with E-state index in [1.54, 1.807) is 0 Å². The molecule has 1 saturated heterocycles. The Labute approximate surface area is 99.8 Å². The quantitative estimate of drug-likeness (QED) is 0.797. The van der Waals surface area contributed by atoms with E-state index in [-0.39, 0.29) is 0 Å². The molecule has 0 amide bonds. The number of anilines is 1. The Bertz CT molecular complexity index is 387. The molecule has 2 heterocycles. The van der Waals surface area contributed by atoms with E-state index < -0.39 is 12.3 Å². The lowest BCUT2D eigenvalue weighted by Gasteiger charge is -2.32. The first-order valence-electron chi connectivity index (χ1n) is 5.92. The van der Waals surface area contributed by atoms with E-state index >= 15 is 0 Å². The summed E-state index contributed by atoms with van der Waals surface area (Å²) in [5, 5.41) is 8.19. The number of aryl methyl sites for hydroxylation is 2. The highest BCUT2D eigenvalue weighted by atomic mass is 19.3. The van der Waals surface area contributed by atoms with Gasteiger partial charge in [0.2, 0.25) is 6.43 Å². The van der Waals surface area contributed by atoms with Crippen molar-refractivity contribution < 1.29 is 8.78 Å². The van der Waals surface area contributed by atoms with Crippen LogP contribution >= 0.6 is 0 Å². The van der Waals surface area contributed by atoms with Crippen LogP contribution in [0.5, 0.6) is 0 Å². The summed E-state index contributed by atoms with van der Waals surface area (Å²) in [7, 11) is 0. The second kappa shape index (κ2) is 4.94. The molecule has 0 radical (unpaired) electrons. The molecule has 0 N–H and O–H groups in total. The zero-order chi connectivity index (χ0) is 12.4. The lowest BCUT2D eigenvalue weighted by molar-refractivity contribution is 0.0635. The van der Waals surface area contributed by atoms with Crippen molar-refractivity contribution in [2.75, 3.05) is 18.0 Å². The van der Waals surface area contributed by atoms with Crippen LogP contribution in [0.25, 0.3) is 0 Å². The molecule has 1 aliphatic rings. The van der Waals surface area contributed by atoms with Crippen LogP contribution in [0.1, 0.15) is 24.1 Å². The second-order valence-electron chi connectivity index (χ2n) is 4.63. The third-order valence-corrected chi connectivity index (χ3v) is 3.44. The van der Waals surface area contributed by atoms with Gasteiger partial charge in [0.1, 0.15) is 0 Å². The molecule has 0 spiro atoms. The number of halogens is 2. The van der Waals surface area contributed by atoms with Crippen LogP contribution < -0.4 is 4.90 Å². The smallest absolute Gasteiger partial charge is 0.241 e. The number of hydrogen-bond acceptors (Lipinski definition) is 3. The van der Waals surface area contributed by atoms with Crippen molar-refractivity contribution in [1.29, 1.82) is 0 Å². The number of rotatable bonds is 2. The number of alkyl halides is 2. The van der Waals surface area contributed by atoms with Crippen molar-refractivity contribution in [3.63, 3.8) is 0 Å². The van der Waals surface area contributed by atoms with Crippen LogP contribution in [0.4, 0.5) is 14.6 Å². The highest BCUT2D eigenvalue weighted by Gasteiger charge is 2.26. The van der Waals surface area contributed by atoms with E-state index in [9.17, 15) is 8.78 Å². The third-order valence-electron chi connectivity index (χ3n) is 3.44. The molecule has 5 heteroatoms. The Morgan fingerprint density at radius 3 is 2.41 bits per heavy atom. The standard InChI is InChI=1S/C12H17F2N3/c1-8-7-11(16-15-9(8)2)17-5-3-10(4-6-17)12(13)14/h7,10,12H,3-6H2,1-2H3. The van der Waals surface area contributed by atoms with Gasteiger partial charge in [0.15, 0.2) is 5.82 Å². The van der Waals surface area contributed by atoms with E-state index in [0.717, 1.165) is 17.1 Å². The number of aromatic nitrogens is 2. The zero-order valence-corrected chi connectivity index (χ0v) is 10.2. The molecule has 0 saturated carbocycles. The Morgan fingerprint density at radius 2 is 1.88 bits per heavy atom. The molecule has 0 bridgehead atoms. The maximum Gasteiger partial charge on any atom is 0.241 e. The predicted molar refractivity (Wildman–Crippen MR) is 62.4 cm³/mol. The van der Waals surface area contributed by atoms with Crippen LogP contribution in [0.3, 0.4) is 0 Å². The van der Waals surface area contributed by atoms with Gasteiger partial charge in [-0.2, -0.15) is 5.10 Å². The molecule has 1 aromatic rings. The molecule has 17 heavy (non-hydrogen) atoms. The average molecular weight is 241 g/mol. The molecule has 0 unspecified atom stereocenters. The second-order valence-corrected chi connectivity index (χ2v) is 4.63. The first-order valence-corrected chi connectivity index (χ1v) is 5.92. The highest BCUT2D eigenvalue weighted by Crippen LogP contribution is 2.26. The minimum absolute atomic E-state index is 0.453. The molecule has 0 atom stereocenters. The lowest BCUT2D eigenvalue weighted by atomic mass is 9.97. The molecule has 0 aliphatic carbocycles. The van der Waals surface area contributed by atoms with Gasteiger partial charge in [0, 0.05) is 19.0 Å². The van der Waals surface area contributed by atoms with Gasteiger partial charge in [-0.25, -0.2) is 8.78 Å². The highest BCUT2D eigenvalue weighted by molar-refractivity contribution is 5.41. The van der Waals surface area contributed by atoms with Gasteiger partial charge < -0.3 is 4.90 Å².